The summed E-state index contributed by atoms with van der Waals surface area (Å²) in [4.78, 5) is 0. The first-order valence-corrected chi connectivity index (χ1v) is 23.5. The molecule has 5 aliphatic rings. The Morgan fingerprint density at radius 3 is 1.78 bits per heavy atom. The van der Waals surface area contributed by atoms with Crippen LogP contribution < -0.4 is 0 Å². The highest BCUT2D eigenvalue weighted by Crippen LogP contribution is 2.50. The Kier molecular flexibility index (Phi) is 14.2. The van der Waals surface area contributed by atoms with Crippen LogP contribution in [0.25, 0.3) is 0 Å². The first-order valence-electron chi connectivity index (χ1n) is 23.5. The van der Waals surface area contributed by atoms with Crippen molar-refractivity contribution in [2.24, 2.45) is 5.92 Å². The maximum absolute atomic E-state index is 7.32. The van der Waals surface area contributed by atoms with Gasteiger partial charge in [-0.1, -0.05) is 128 Å². The fourth-order valence-corrected chi connectivity index (χ4v) is 10.8. The zero-order valence-electron chi connectivity index (χ0n) is 37.7. The van der Waals surface area contributed by atoms with Gasteiger partial charge in [0.2, 0.25) is 0 Å². The minimum atomic E-state index is -0.552. The largest absolute Gasteiger partial charge is 0.377 e. The van der Waals surface area contributed by atoms with Crippen LogP contribution in [-0.2, 0) is 69.1 Å². The third-order valence-electron chi connectivity index (χ3n) is 14.6. The predicted molar refractivity (Wildman–Crippen MR) is 241 cm³/mol. The molecule has 0 unspecified atom stereocenters. The number of rotatable bonds is 16. The Balaban J connectivity index is 0.861. The van der Waals surface area contributed by atoms with Crippen LogP contribution in [0.1, 0.15) is 94.9 Å². The van der Waals surface area contributed by atoms with Gasteiger partial charge in [0.05, 0.1) is 98.7 Å². The van der Waals surface area contributed by atoms with Crippen molar-refractivity contribution in [3.8, 4) is 0 Å². The normalized spacial score (nSPS) is 36.4. The number of fused-ring (bicyclic) bond motifs is 3. The van der Waals surface area contributed by atoms with Gasteiger partial charge in [0.15, 0.2) is 0 Å². The number of hydrogen-bond acceptors (Lipinski definition) is 9. The van der Waals surface area contributed by atoms with E-state index in [1.165, 1.54) is 0 Å². The Morgan fingerprint density at radius 2 is 1.14 bits per heavy atom. The van der Waals surface area contributed by atoms with Crippen LogP contribution in [0, 0.1) is 5.92 Å². The summed E-state index contributed by atoms with van der Waals surface area (Å²) in [6.45, 7) is 12.1. The van der Waals surface area contributed by atoms with E-state index in [1.54, 1.807) is 0 Å². The third kappa shape index (κ3) is 10.6. The molecule has 13 atom stereocenters. The quantitative estimate of drug-likeness (QED) is 0.102. The number of hydrogen-bond donors (Lipinski definition) is 0. The lowest BCUT2D eigenvalue weighted by Crippen LogP contribution is -2.63. The molecule has 0 N–H and O–H groups in total. The second kappa shape index (κ2) is 19.9. The molecule has 0 radical (unpaired) electrons. The molecule has 0 saturated carbocycles. The summed E-state index contributed by atoms with van der Waals surface area (Å²) in [5, 5.41) is 0. The van der Waals surface area contributed by atoms with Gasteiger partial charge in [-0.3, -0.25) is 0 Å². The van der Waals surface area contributed by atoms with E-state index < -0.39 is 16.8 Å². The molecule has 4 aromatic carbocycles. The van der Waals surface area contributed by atoms with Gasteiger partial charge in [-0.25, -0.2) is 0 Å². The SMILES string of the molecule is C[C@@H]1C[C@@H]2O[C@@H]3C[C@H](OCc4ccccc4)[C@@H](COCc4ccccc4)O[C@@]3(C)C[C@H]2O[C@H]2CC[C@@](C)([C@H]3C[C@@H](OCc4ccccc4)[C@](C)(CCOCc4ccccc4)O3)O[C@H]12. The molecule has 0 spiro atoms. The van der Waals surface area contributed by atoms with Crippen molar-refractivity contribution >= 4 is 0 Å². The molecule has 0 aromatic heterocycles. The molecule has 5 aliphatic heterocycles. The molecular formula is C54H68O9. The fourth-order valence-electron chi connectivity index (χ4n) is 10.8. The van der Waals surface area contributed by atoms with Gasteiger partial charge in [-0.2, -0.15) is 0 Å². The lowest BCUT2D eigenvalue weighted by Gasteiger charge is -2.53. The van der Waals surface area contributed by atoms with Gasteiger partial charge < -0.3 is 42.6 Å². The van der Waals surface area contributed by atoms with Gasteiger partial charge in [0.1, 0.15) is 6.10 Å². The van der Waals surface area contributed by atoms with Gasteiger partial charge in [0.25, 0.3) is 0 Å². The van der Waals surface area contributed by atoms with E-state index in [-0.39, 0.29) is 60.9 Å². The van der Waals surface area contributed by atoms with Crippen molar-refractivity contribution in [1.82, 2.24) is 0 Å². The monoisotopic (exact) mass is 860 g/mol. The van der Waals surface area contributed by atoms with Gasteiger partial charge in [-0.05, 0) is 68.2 Å². The molecule has 0 amide bonds. The molecule has 4 aromatic rings. The summed E-state index contributed by atoms with van der Waals surface area (Å²) in [6, 6.07) is 41.4. The predicted octanol–water partition coefficient (Wildman–Crippen LogP) is 9.96. The van der Waals surface area contributed by atoms with Crippen molar-refractivity contribution in [3.63, 3.8) is 0 Å². The van der Waals surface area contributed by atoms with Crippen molar-refractivity contribution in [2.45, 2.75) is 171 Å². The minimum Gasteiger partial charge on any atom is -0.377 e. The third-order valence-corrected chi connectivity index (χ3v) is 14.6. The lowest BCUT2D eigenvalue weighted by atomic mass is 9.79. The maximum Gasteiger partial charge on any atom is 0.108 e. The van der Waals surface area contributed by atoms with Crippen molar-refractivity contribution in [3.05, 3.63) is 144 Å². The first-order chi connectivity index (χ1) is 30.6. The van der Waals surface area contributed by atoms with Crippen LogP contribution >= 0.6 is 0 Å². The van der Waals surface area contributed by atoms with Crippen molar-refractivity contribution in [1.29, 1.82) is 0 Å². The summed E-state index contributed by atoms with van der Waals surface area (Å²) in [5.74, 6) is 0.215. The Bertz CT molecular complexity index is 2000. The highest BCUT2D eigenvalue weighted by molar-refractivity contribution is 5.17. The van der Waals surface area contributed by atoms with E-state index in [1.807, 2.05) is 48.5 Å². The molecule has 5 fully saturated rings. The van der Waals surface area contributed by atoms with E-state index in [9.17, 15) is 0 Å². The summed E-state index contributed by atoms with van der Waals surface area (Å²) in [5.41, 5.74) is 3.00. The molecule has 0 aliphatic carbocycles. The molecule has 63 heavy (non-hydrogen) atoms. The van der Waals surface area contributed by atoms with Crippen LogP contribution in [0.4, 0.5) is 0 Å². The van der Waals surface area contributed by atoms with Crippen LogP contribution in [0.15, 0.2) is 121 Å². The Hall–Kier alpha value is -3.48. The topological polar surface area (TPSA) is 83.1 Å². The van der Waals surface area contributed by atoms with E-state index in [4.69, 9.17) is 42.6 Å². The highest BCUT2D eigenvalue weighted by Gasteiger charge is 2.59. The standard InChI is InChI=1S/C54H68O9/c1-38-29-45-46(32-54(4)49(60-45)30-44(57-35-41-21-13-7-14-22-41)47(61-54)37-56-34-40-19-11-6-12-20-40)59-43-25-26-52(2,63-51(38)43)50-31-48(58-36-42-23-15-8-16-24-42)53(3,62-50)27-28-55-33-39-17-9-5-10-18-39/h5-24,38,43-51H,25-37H2,1-4H3/t38-,43+,44+,45+,46-,47-,48-,49-,50-,51-,52+,53+,54+/m1/s1. The average molecular weight is 861 g/mol. The summed E-state index contributed by atoms with van der Waals surface area (Å²) < 4.78 is 61.7. The molecule has 9 nitrogen and oxygen atoms in total. The van der Waals surface area contributed by atoms with Crippen molar-refractivity contribution < 1.29 is 42.6 Å². The average Bonchev–Trinajstić information content (AvgIpc) is 3.58. The van der Waals surface area contributed by atoms with Crippen LogP contribution in [0.3, 0.4) is 0 Å². The molecule has 9 heteroatoms. The molecule has 5 saturated heterocycles. The molecule has 338 valence electrons. The minimum absolute atomic E-state index is 0.0494. The van der Waals surface area contributed by atoms with E-state index >= 15 is 0 Å². The van der Waals surface area contributed by atoms with Crippen molar-refractivity contribution in [2.75, 3.05) is 13.2 Å². The van der Waals surface area contributed by atoms with Crippen LogP contribution in [-0.4, -0.2) is 85.0 Å². The lowest BCUT2D eigenvalue weighted by molar-refractivity contribution is -0.307. The van der Waals surface area contributed by atoms with Gasteiger partial charge in [0, 0.05) is 32.3 Å². The zero-order valence-corrected chi connectivity index (χ0v) is 37.7. The van der Waals surface area contributed by atoms with Crippen LogP contribution in [0.2, 0.25) is 0 Å². The first kappa shape index (κ1) is 44.7. The molecular weight excluding hydrogens is 793 g/mol. The second-order valence-corrected chi connectivity index (χ2v) is 19.5. The van der Waals surface area contributed by atoms with E-state index in [0.29, 0.717) is 39.6 Å². The summed E-state index contributed by atoms with van der Waals surface area (Å²) in [6.07, 6.45) is 4.35. The number of benzene rings is 4. The number of ether oxygens (including phenoxy) is 9. The maximum atomic E-state index is 7.32. The molecule has 0 bridgehead atoms. The van der Waals surface area contributed by atoms with Gasteiger partial charge >= 0.3 is 0 Å². The summed E-state index contributed by atoms with van der Waals surface area (Å²) >= 11 is 0. The van der Waals surface area contributed by atoms with Gasteiger partial charge in [-0.15, -0.1) is 0 Å². The zero-order chi connectivity index (χ0) is 43.3. The van der Waals surface area contributed by atoms with E-state index in [2.05, 4.69) is 100 Å². The van der Waals surface area contributed by atoms with E-state index in [0.717, 1.165) is 67.2 Å². The van der Waals surface area contributed by atoms with Crippen LogP contribution in [0.5, 0.6) is 0 Å². The Morgan fingerprint density at radius 1 is 0.556 bits per heavy atom. The molecule has 5 heterocycles. The molecule has 9 rings (SSSR count). The highest BCUT2D eigenvalue weighted by atomic mass is 16.6. The summed E-state index contributed by atoms with van der Waals surface area (Å²) in [7, 11) is 0. The smallest absolute Gasteiger partial charge is 0.108 e. The second-order valence-electron chi connectivity index (χ2n) is 19.5. The fraction of sp³-hybridized carbons (Fsp3) is 0.556. The Labute approximate surface area is 375 Å².